The molecular weight excluding hydrogens is 332 g/mol. The van der Waals surface area contributed by atoms with E-state index < -0.39 is 4.92 Å². The van der Waals surface area contributed by atoms with Gasteiger partial charge in [0.05, 0.1) is 28.7 Å². The van der Waals surface area contributed by atoms with Crippen molar-refractivity contribution in [1.29, 1.82) is 5.26 Å². The van der Waals surface area contributed by atoms with Crippen LogP contribution in [0.1, 0.15) is 16.7 Å². The second kappa shape index (κ2) is 7.59. The summed E-state index contributed by atoms with van der Waals surface area (Å²) in [6.45, 7) is 1.03. The molecule has 0 radical (unpaired) electrons. The Kier molecular flexibility index (Phi) is 5.06. The summed E-state index contributed by atoms with van der Waals surface area (Å²) in [4.78, 5) is 14.9. The summed E-state index contributed by atoms with van der Waals surface area (Å²) in [5.41, 5.74) is 2.94. The molecule has 0 fully saturated rings. The zero-order chi connectivity index (χ0) is 18.5. The first kappa shape index (κ1) is 17.3. The number of fused-ring (bicyclic) bond motifs is 1. The zero-order valence-electron chi connectivity index (χ0n) is 14.1. The van der Waals surface area contributed by atoms with Crippen LogP contribution in [0.25, 0.3) is 10.9 Å². The second-order valence-corrected chi connectivity index (χ2v) is 5.68. The van der Waals surface area contributed by atoms with Crippen LogP contribution >= 0.6 is 0 Å². The largest absolute Gasteiger partial charge is 0.380 e. The second-order valence-electron chi connectivity index (χ2n) is 5.68. The lowest BCUT2D eigenvalue weighted by Crippen LogP contribution is -2.05. The summed E-state index contributed by atoms with van der Waals surface area (Å²) in [6, 6.07) is 15.9. The van der Waals surface area contributed by atoms with Crippen molar-refractivity contribution in [1.82, 2.24) is 4.98 Å². The van der Waals surface area contributed by atoms with Gasteiger partial charge in [-0.05, 0) is 23.3 Å². The summed E-state index contributed by atoms with van der Waals surface area (Å²) in [6.07, 6.45) is 0. The number of nitro benzene ring substituents is 1. The fraction of sp³-hybridized carbons (Fsp3) is 0.158. The third kappa shape index (κ3) is 3.61. The molecule has 0 amide bonds. The minimum atomic E-state index is -0.487. The molecule has 0 saturated carbocycles. The molecule has 0 aliphatic carbocycles. The van der Waals surface area contributed by atoms with E-state index in [1.54, 1.807) is 19.2 Å². The number of pyridine rings is 1. The van der Waals surface area contributed by atoms with Crippen molar-refractivity contribution in [2.24, 2.45) is 0 Å². The molecule has 0 spiro atoms. The summed E-state index contributed by atoms with van der Waals surface area (Å²) in [5.74, 6) is 0.537. The van der Waals surface area contributed by atoms with Crippen LogP contribution in [0.4, 0.5) is 11.5 Å². The van der Waals surface area contributed by atoms with Gasteiger partial charge in [-0.1, -0.05) is 24.3 Å². The van der Waals surface area contributed by atoms with Crippen molar-refractivity contribution < 1.29 is 9.66 Å². The number of methoxy groups -OCH3 is 1. The smallest absolute Gasteiger partial charge is 0.270 e. The van der Waals surface area contributed by atoms with Crippen molar-refractivity contribution in [2.45, 2.75) is 13.2 Å². The SMILES string of the molecule is COCc1ccccc1CNc1cc(C#N)c2cc([N+](=O)[O-])ccc2n1. The van der Waals surface area contributed by atoms with E-state index in [9.17, 15) is 15.4 Å². The Balaban J connectivity index is 1.91. The number of hydrogen-bond donors (Lipinski definition) is 1. The lowest BCUT2D eigenvalue weighted by atomic mass is 10.1. The first-order valence-corrected chi connectivity index (χ1v) is 7.91. The maximum atomic E-state index is 10.9. The molecule has 130 valence electrons. The number of nitrogens with zero attached hydrogens (tertiary/aromatic N) is 3. The van der Waals surface area contributed by atoms with Crippen LogP contribution in [0.3, 0.4) is 0 Å². The van der Waals surface area contributed by atoms with Gasteiger partial charge in [0, 0.05) is 31.2 Å². The molecule has 1 N–H and O–H groups in total. The number of anilines is 1. The van der Waals surface area contributed by atoms with Gasteiger partial charge >= 0.3 is 0 Å². The third-order valence-corrected chi connectivity index (χ3v) is 4.00. The van der Waals surface area contributed by atoms with Gasteiger partial charge in [0.25, 0.3) is 5.69 Å². The number of nitrogens with one attached hydrogen (secondary N) is 1. The molecule has 7 heteroatoms. The van der Waals surface area contributed by atoms with E-state index in [1.165, 1.54) is 12.1 Å². The van der Waals surface area contributed by atoms with Crippen LogP contribution in [-0.4, -0.2) is 17.0 Å². The molecule has 1 aromatic heterocycles. The van der Waals surface area contributed by atoms with Gasteiger partial charge in [0.1, 0.15) is 5.82 Å². The van der Waals surface area contributed by atoms with Crippen molar-refractivity contribution in [3.8, 4) is 6.07 Å². The molecule has 1 heterocycles. The fourth-order valence-corrected chi connectivity index (χ4v) is 2.72. The monoisotopic (exact) mass is 348 g/mol. The molecule has 2 aromatic carbocycles. The Morgan fingerprint density at radius 1 is 1.23 bits per heavy atom. The molecule has 7 nitrogen and oxygen atoms in total. The highest BCUT2D eigenvalue weighted by molar-refractivity contribution is 5.88. The molecule has 3 rings (SSSR count). The highest BCUT2D eigenvalue weighted by atomic mass is 16.6. The molecule has 0 aliphatic rings. The Hall–Kier alpha value is -3.50. The van der Waals surface area contributed by atoms with Crippen molar-refractivity contribution >= 4 is 22.4 Å². The van der Waals surface area contributed by atoms with Crippen molar-refractivity contribution in [2.75, 3.05) is 12.4 Å². The minimum absolute atomic E-state index is 0.0648. The predicted octanol–water partition coefficient (Wildman–Crippen LogP) is 3.77. The lowest BCUT2D eigenvalue weighted by molar-refractivity contribution is -0.384. The van der Waals surface area contributed by atoms with E-state index in [2.05, 4.69) is 16.4 Å². The summed E-state index contributed by atoms with van der Waals surface area (Å²) >= 11 is 0. The third-order valence-electron chi connectivity index (χ3n) is 4.00. The number of nitriles is 1. The Morgan fingerprint density at radius 3 is 2.69 bits per heavy atom. The van der Waals surface area contributed by atoms with Gasteiger partial charge in [-0.15, -0.1) is 0 Å². The maximum absolute atomic E-state index is 10.9. The van der Waals surface area contributed by atoms with Gasteiger partial charge in [0.15, 0.2) is 0 Å². The number of rotatable bonds is 6. The number of nitro groups is 1. The van der Waals surface area contributed by atoms with Crippen molar-refractivity contribution in [3.63, 3.8) is 0 Å². The first-order chi connectivity index (χ1) is 12.6. The number of non-ortho nitro benzene ring substituents is 1. The van der Waals surface area contributed by atoms with E-state index in [1.807, 2.05) is 24.3 Å². The van der Waals surface area contributed by atoms with Crippen molar-refractivity contribution in [3.05, 3.63) is 75.3 Å². The normalized spacial score (nSPS) is 10.5. The van der Waals surface area contributed by atoms with E-state index in [-0.39, 0.29) is 5.69 Å². The minimum Gasteiger partial charge on any atom is -0.380 e. The van der Waals surface area contributed by atoms with E-state index >= 15 is 0 Å². The van der Waals surface area contributed by atoms with E-state index in [0.717, 1.165) is 11.1 Å². The van der Waals surface area contributed by atoms with Crippen LogP contribution in [0, 0.1) is 21.4 Å². The summed E-state index contributed by atoms with van der Waals surface area (Å²) < 4.78 is 5.20. The van der Waals surface area contributed by atoms with Gasteiger partial charge in [-0.3, -0.25) is 10.1 Å². The molecule has 3 aromatic rings. The van der Waals surface area contributed by atoms with Crippen LogP contribution in [0.2, 0.25) is 0 Å². The van der Waals surface area contributed by atoms with Gasteiger partial charge in [-0.25, -0.2) is 4.98 Å². The molecule has 0 bridgehead atoms. The number of hydrogen-bond acceptors (Lipinski definition) is 6. The maximum Gasteiger partial charge on any atom is 0.270 e. The van der Waals surface area contributed by atoms with Crippen LogP contribution in [0.15, 0.2) is 48.5 Å². The van der Waals surface area contributed by atoms with E-state index in [4.69, 9.17) is 4.74 Å². The van der Waals surface area contributed by atoms with Gasteiger partial charge < -0.3 is 10.1 Å². The molecule has 26 heavy (non-hydrogen) atoms. The van der Waals surface area contributed by atoms with Gasteiger partial charge in [-0.2, -0.15) is 5.26 Å². The molecule has 0 atom stereocenters. The molecule has 0 saturated heterocycles. The van der Waals surface area contributed by atoms with Crippen LogP contribution in [0.5, 0.6) is 0 Å². The summed E-state index contributed by atoms with van der Waals surface area (Å²) in [7, 11) is 1.65. The predicted molar refractivity (Wildman–Crippen MR) is 97.6 cm³/mol. The number of benzene rings is 2. The van der Waals surface area contributed by atoms with Crippen LogP contribution < -0.4 is 5.32 Å². The standard InChI is InChI=1S/C19H16N4O3/c1-26-12-14-5-3-2-4-13(14)11-21-19-8-15(10-20)17-9-16(23(24)25)6-7-18(17)22-19/h2-9H,11-12H2,1H3,(H,21,22). The number of ether oxygens (including phenoxy) is 1. The zero-order valence-corrected chi connectivity index (χ0v) is 14.1. The topological polar surface area (TPSA) is 101 Å². The highest BCUT2D eigenvalue weighted by Gasteiger charge is 2.12. The molecular formula is C19H16N4O3. The lowest BCUT2D eigenvalue weighted by Gasteiger charge is -2.11. The molecule has 0 aliphatic heterocycles. The highest BCUT2D eigenvalue weighted by Crippen LogP contribution is 2.25. The Morgan fingerprint density at radius 2 is 2.00 bits per heavy atom. The van der Waals surface area contributed by atoms with E-state index in [0.29, 0.717) is 35.4 Å². The number of aromatic nitrogens is 1. The molecule has 0 unspecified atom stereocenters. The van der Waals surface area contributed by atoms with Gasteiger partial charge in [0.2, 0.25) is 0 Å². The fourth-order valence-electron chi connectivity index (χ4n) is 2.72. The summed E-state index contributed by atoms with van der Waals surface area (Å²) in [5, 5.41) is 24.0. The van der Waals surface area contributed by atoms with Crippen LogP contribution in [-0.2, 0) is 17.9 Å². The average Bonchev–Trinajstić information content (AvgIpc) is 2.66. The quantitative estimate of drug-likeness (QED) is 0.537. The Bertz CT molecular complexity index is 1010. The first-order valence-electron chi connectivity index (χ1n) is 7.91. The Labute approximate surface area is 150 Å². The average molecular weight is 348 g/mol.